The fourth-order valence-electron chi connectivity index (χ4n) is 5.54. The second kappa shape index (κ2) is 37.9. The minimum atomic E-state index is -4.22. The van der Waals surface area contributed by atoms with Crippen molar-refractivity contribution in [2.75, 3.05) is 54.1 Å². The van der Waals surface area contributed by atoms with Crippen molar-refractivity contribution in [2.45, 2.75) is 173 Å². The van der Waals surface area contributed by atoms with Gasteiger partial charge in [0.05, 0.1) is 39.6 Å². The van der Waals surface area contributed by atoms with Crippen molar-refractivity contribution >= 4 is 24.7 Å². The number of likely N-dealkylation sites (N-methyl/N-ethyl adjacent to an activating group) is 1. The zero-order valence-electron chi connectivity index (χ0n) is 35.0. The Bertz CT molecular complexity index is 993. The second-order valence-corrected chi connectivity index (χ2v) is 18.2. The van der Waals surface area contributed by atoms with Crippen LogP contribution >= 0.6 is 19.6 Å². The maximum atomic E-state index is 12.8. The van der Waals surface area contributed by atoms with Crippen molar-refractivity contribution in [3.63, 3.8) is 0 Å². The Balaban J connectivity index is 4.36. The first-order chi connectivity index (χ1) is 25.6. The van der Waals surface area contributed by atoms with E-state index in [9.17, 15) is 14.3 Å². The van der Waals surface area contributed by atoms with Gasteiger partial charge in [-0.25, -0.2) is 4.57 Å². The minimum absolute atomic E-state index is 0.0494. The number of unbranched alkanes of at least 4 members (excludes halogenated alkanes) is 17. The molecule has 2 atom stereocenters. The van der Waals surface area contributed by atoms with Gasteiger partial charge in [-0.15, -0.1) is 0 Å². The summed E-state index contributed by atoms with van der Waals surface area (Å²) >= 11 is 1.16. The van der Waals surface area contributed by atoms with E-state index in [1.165, 1.54) is 103 Å². The summed E-state index contributed by atoms with van der Waals surface area (Å²) in [6.45, 7) is 6.03. The van der Waals surface area contributed by atoms with Crippen molar-refractivity contribution in [1.29, 1.82) is 0 Å². The molecule has 1 unspecified atom stereocenters. The normalized spacial score (nSPS) is 14.4. The van der Waals surface area contributed by atoms with Crippen molar-refractivity contribution in [3.05, 3.63) is 48.6 Å². The van der Waals surface area contributed by atoms with Gasteiger partial charge in [-0.05, 0) is 51.4 Å². The van der Waals surface area contributed by atoms with Gasteiger partial charge in [0.15, 0.2) is 5.12 Å². The SMILES string of the molecule is CCCCC/C=C\C/C=C\C/C=C\C/C=C\CCCC(=O)S[C@H](COCCCCCCCCCCCCCCCC)COP(=O)(O)OCC[N+](C)(C)C. The molecule has 0 aromatic rings. The van der Waals surface area contributed by atoms with Crippen LogP contribution in [-0.4, -0.2) is 73.9 Å². The Kier molecular flexibility index (Phi) is 37.2. The number of carbonyl (C=O) groups excluding carboxylic acids is 1. The topological polar surface area (TPSA) is 82.1 Å². The maximum Gasteiger partial charge on any atom is 0.472 e. The number of nitrogens with zero attached hydrogens (tertiary/aromatic N) is 1. The Labute approximate surface area is 332 Å². The molecule has 0 radical (unpaired) electrons. The third-order valence-corrected chi connectivity index (χ3v) is 11.0. The molecule has 0 saturated heterocycles. The van der Waals surface area contributed by atoms with E-state index in [0.29, 0.717) is 30.7 Å². The lowest BCUT2D eigenvalue weighted by molar-refractivity contribution is -0.870. The molecule has 0 fully saturated rings. The van der Waals surface area contributed by atoms with Crippen LogP contribution < -0.4 is 0 Å². The first kappa shape index (κ1) is 52.0. The van der Waals surface area contributed by atoms with E-state index in [4.69, 9.17) is 13.8 Å². The highest BCUT2D eigenvalue weighted by Crippen LogP contribution is 2.43. The number of rotatable bonds is 39. The van der Waals surface area contributed by atoms with Gasteiger partial charge in [-0.3, -0.25) is 13.8 Å². The first-order valence-electron chi connectivity index (χ1n) is 21.4. The molecular weight excluding hydrogens is 702 g/mol. The number of hydrogen-bond donors (Lipinski definition) is 1. The van der Waals surface area contributed by atoms with Gasteiger partial charge in [0.1, 0.15) is 13.2 Å². The van der Waals surface area contributed by atoms with Crippen LogP contribution in [0.1, 0.15) is 168 Å². The van der Waals surface area contributed by atoms with E-state index < -0.39 is 7.82 Å². The van der Waals surface area contributed by atoms with Gasteiger partial charge in [0, 0.05) is 13.0 Å². The Morgan fingerprint density at radius 3 is 1.57 bits per heavy atom. The van der Waals surface area contributed by atoms with Gasteiger partial charge in [0.25, 0.3) is 0 Å². The zero-order chi connectivity index (χ0) is 39.1. The van der Waals surface area contributed by atoms with Crippen LogP contribution in [0.4, 0.5) is 0 Å². The fourth-order valence-corrected chi connectivity index (χ4v) is 7.33. The lowest BCUT2D eigenvalue weighted by atomic mass is 10.0. The summed E-state index contributed by atoms with van der Waals surface area (Å²) < 4.78 is 29.6. The smallest absolute Gasteiger partial charge is 0.380 e. The Morgan fingerprint density at radius 2 is 1.06 bits per heavy atom. The van der Waals surface area contributed by atoms with Crippen LogP contribution in [0.3, 0.4) is 0 Å². The number of carbonyl (C=O) groups is 1. The Hall–Kier alpha value is -0.990. The summed E-state index contributed by atoms with van der Waals surface area (Å²) in [5.74, 6) is 0. The lowest BCUT2D eigenvalue weighted by Crippen LogP contribution is -2.37. The largest absolute Gasteiger partial charge is 0.472 e. The monoisotopic (exact) mass is 785 g/mol. The zero-order valence-corrected chi connectivity index (χ0v) is 36.7. The van der Waals surface area contributed by atoms with Gasteiger partial charge in [0.2, 0.25) is 0 Å². The first-order valence-corrected chi connectivity index (χ1v) is 23.8. The second-order valence-electron chi connectivity index (χ2n) is 15.4. The highest BCUT2D eigenvalue weighted by atomic mass is 32.2. The number of phosphoric acid groups is 1. The highest BCUT2D eigenvalue weighted by Gasteiger charge is 2.26. The van der Waals surface area contributed by atoms with Gasteiger partial charge in [-0.1, -0.05) is 171 Å². The fraction of sp³-hybridized carbons (Fsp3) is 0.795. The van der Waals surface area contributed by atoms with E-state index in [1.54, 1.807) is 0 Å². The molecule has 0 heterocycles. The maximum absolute atomic E-state index is 12.8. The highest BCUT2D eigenvalue weighted by molar-refractivity contribution is 8.14. The molecule has 0 aromatic carbocycles. The molecule has 310 valence electrons. The molecule has 1 N–H and O–H groups in total. The van der Waals surface area contributed by atoms with Crippen molar-refractivity contribution in [3.8, 4) is 0 Å². The summed E-state index contributed by atoms with van der Waals surface area (Å²) in [5, 5.41) is -0.318. The van der Waals surface area contributed by atoms with Gasteiger partial charge in [-0.2, -0.15) is 0 Å². The molecule has 0 aromatic heterocycles. The summed E-state index contributed by atoms with van der Waals surface area (Å²) in [5.41, 5.74) is 0. The molecule has 53 heavy (non-hydrogen) atoms. The molecule has 0 rings (SSSR count). The van der Waals surface area contributed by atoms with Crippen molar-refractivity contribution < 1.29 is 32.5 Å². The predicted molar refractivity (Wildman–Crippen MR) is 231 cm³/mol. The quantitative estimate of drug-likeness (QED) is 0.0288. The number of phosphoric ester groups is 1. The minimum Gasteiger partial charge on any atom is -0.380 e. The number of quaternary nitrogens is 1. The lowest BCUT2D eigenvalue weighted by Gasteiger charge is -2.24. The number of allylic oxidation sites excluding steroid dienone is 8. The van der Waals surface area contributed by atoms with Crippen LogP contribution in [0.5, 0.6) is 0 Å². The van der Waals surface area contributed by atoms with Gasteiger partial charge >= 0.3 is 7.82 Å². The molecule has 7 nitrogen and oxygen atoms in total. The van der Waals surface area contributed by atoms with E-state index in [2.05, 4.69) is 62.5 Å². The average Bonchev–Trinajstić information content (AvgIpc) is 3.11. The molecule has 0 amide bonds. The van der Waals surface area contributed by atoms with Crippen LogP contribution in [-0.2, 0) is 23.1 Å². The molecule has 0 aliphatic heterocycles. The Morgan fingerprint density at radius 1 is 0.604 bits per heavy atom. The van der Waals surface area contributed by atoms with Crippen LogP contribution in [0.15, 0.2) is 48.6 Å². The number of hydrogen-bond acceptors (Lipinski definition) is 6. The molecule has 0 aliphatic carbocycles. The molecule has 0 bridgehead atoms. The van der Waals surface area contributed by atoms with Crippen molar-refractivity contribution in [1.82, 2.24) is 0 Å². The number of ether oxygens (including phenoxy) is 1. The molecule has 9 heteroatoms. The summed E-state index contributed by atoms with van der Waals surface area (Å²) in [6, 6.07) is 0. The summed E-state index contributed by atoms with van der Waals surface area (Å²) in [7, 11) is 1.75. The van der Waals surface area contributed by atoms with E-state index in [1.807, 2.05) is 21.1 Å². The molecule has 0 spiro atoms. The number of thioether (sulfide) groups is 1. The standard InChI is InChI=1S/C44H82NO6PS/c1-6-8-10-12-14-16-18-20-22-23-24-25-27-29-31-33-35-37-44(46)53-43(42-51-52(47,48)50-40-38-45(3,4)5)41-49-39-36-34-32-30-28-26-21-19-17-15-13-11-9-7-2/h14,16,20,22,24-25,29,31,43H,6-13,15,17-19,21,23,26-28,30,32-42H2,1-5H3/p+1/b16-14-,22-20-,25-24-,31-29-/t43-/m1/s1. The molecule has 0 saturated carbocycles. The molecular formula is C44H83NO6PS+. The van der Waals surface area contributed by atoms with E-state index >= 15 is 0 Å². The average molecular weight is 785 g/mol. The van der Waals surface area contributed by atoms with Crippen LogP contribution in [0, 0.1) is 0 Å². The predicted octanol–water partition coefficient (Wildman–Crippen LogP) is 13.1. The van der Waals surface area contributed by atoms with Crippen molar-refractivity contribution in [2.24, 2.45) is 0 Å². The third kappa shape index (κ3) is 42.0. The molecule has 0 aliphatic rings. The summed E-state index contributed by atoms with van der Waals surface area (Å²) in [4.78, 5) is 23.1. The van der Waals surface area contributed by atoms with Crippen LogP contribution in [0.25, 0.3) is 0 Å². The van der Waals surface area contributed by atoms with E-state index in [0.717, 1.165) is 56.7 Å². The van der Waals surface area contributed by atoms with Gasteiger partial charge < -0.3 is 14.1 Å². The third-order valence-electron chi connectivity index (χ3n) is 8.89. The van der Waals surface area contributed by atoms with Crippen LogP contribution in [0.2, 0.25) is 0 Å². The van der Waals surface area contributed by atoms with E-state index in [-0.39, 0.29) is 23.6 Å². The summed E-state index contributed by atoms with van der Waals surface area (Å²) in [6.07, 6.45) is 45.9.